The molecule has 0 spiro atoms. The van der Waals surface area contributed by atoms with Gasteiger partial charge < -0.3 is 0 Å². The Bertz CT molecular complexity index is 461. The zero-order chi connectivity index (χ0) is 12.6. The summed E-state index contributed by atoms with van der Waals surface area (Å²) in [5, 5.41) is 0. The Labute approximate surface area is 105 Å². The van der Waals surface area contributed by atoms with Crippen LogP contribution in [0.25, 0.3) is 0 Å². The van der Waals surface area contributed by atoms with Gasteiger partial charge in [-0.1, -0.05) is 15.9 Å². The van der Waals surface area contributed by atoms with E-state index in [0.717, 1.165) is 6.07 Å². The minimum Gasteiger partial charge on any atom is -0.298 e. The summed E-state index contributed by atoms with van der Waals surface area (Å²) in [5.74, 6) is -3.16. The number of Topliss-reactive ketones (excluding diaryl/α,β-unsaturated/α-hetero) is 1. The van der Waals surface area contributed by atoms with Crippen molar-refractivity contribution in [1.29, 1.82) is 0 Å². The predicted octanol–water partition coefficient (Wildman–Crippen LogP) is 3.70. The van der Waals surface area contributed by atoms with Crippen LogP contribution in [0.4, 0.5) is 13.2 Å². The van der Waals surface area contributed by atoms with Crippen molar-refractivity contribution in [3.05, 3.63) is 35.1 Å². The Morgan fingerprint density at radius 2 is 1.76 bits per heavy atom. The first-order valence-corrected chi connectivity index (χ1v) is 6.22. The molecular weight excluding hydrogens is 297 g/mol. The van der Waals surface area contributed by atoms with Crippen LogP contribution in [-0.4, -0.2) is 10.6 Å². The largest absolute Gasteiger partial charge is 0.298 e. The zero-order valence-electron chi connectivity index (χ0n) is 8.85. The molecule has 1 fully saturated rings. The lowest BCUT2D eigenvalue weighted by molar-refractivity contribution is -0.119. The smallest absolute Gasteiger partial charge is 0.161 e. The number of hydrogen-bond donors (Lipinski definition) is 0. The van der Waals surface area contributed by atoms with E-state index >= 15 is 0 Å². The van der Waals surface area contributed by atoms with Gasteiger partial charge in [0.05, 0.1) is 4.83 Å². The van der Waals surface area contributed by atoms with E-state index in [4.69, 9.17) is 0 Å². The summed E-state index contributed by atoms with van der Waals surface area (Å²) in [4.78, 5) is 11.0. The van der Waals surface area contributed by atoms with Crippen molar-refractivity contribution in [2.24, 2.45) is 0 Å². The van der Waals surface area contributed by atoms with Crippen LogP contribution >= 0.6 is 15.9 Å². The molecule has 0 amide bonds. The third-order valence-corrected chi connectivity index (χ3v) is 3.94. The first-order chi connectivity index (χ1) is 7.99. The number of carbonyl (C=O) groups excluding carboxylic acids is 1. The van der Waals surface area contributed by atoms with Gasteiger partial charge in [-0.2, -0.15) is 0 Å². The maximum absolute atomic E-state index is 13.5. The molecular formula is C12H10BrF3O. The number of hydrogen-bond acceptors (Lipinski definition) is 1. The SMILES string of the molecule is O=C1CCC(c2cc(F)c(F)cc2F)CC1Br. The fourth-order valence-electron chi connectivity index (χ4n) is 2.11. The first-order valence-electron chi connectivity index (χ1n) is 5.30. The maximum Gasteiger partial charge on any atom is 0.161 e. The summed E-state index contributed by atoms with van der Waals surface area (Å²) in [6.45, 7) is 0. The Morgan fingerprint density at radius 3 is 2.41 bits per heavy atom. The van der Waals surface area contributed by atoms with Gasteiger partial charge in [0, 0.05) is 12.5 Å². The van der Waals surface area contributed by atoms with E-state index < -0.39 is 17.5 Å². The molecule has 1 nitrogen and oxygen atoms in total. The van der Waals surface area contributed by atoms with Gasteiger partial charge in [0.2, 0.25) is 0 Å². The number of rotatable bonds is 1. The number of alkyl halides is 1. The summed E-state index contributed by atoms with van der Waals surface area (Å²) < 4.78 is 39.4. The van der Waals surface area contributed by atoms with Crippen molar-refractivity contribution >= 4 is 21.7 Å². The van der Waals surface area contributed by atoms with Gasteiger partial charge in [0.25, 0.3) is 0 Å². The van der Waals surface area contributed by atoms with Crippen molar-refractivity contribution in [2.45, 2.75) is 30.0 Å². The van der Waals surface area contributed by atoms with Crippen molar-refractivity contribution in [2.75, 3.05) is 0 Å². The summed E-state index contributed by atoms with van der Waals surface area (Å²) in [5.41, 5.74) is 0.154. The highest BCUT2D eigenvalue weighted by molar-refractivity contribution is 9.10. The third-order valence-electron chi connectivity index (χ3n) is 3.06. The highest BCUT2D eigenvalue weighted by Crippen LogP contribution is 2.36. The van der Waals surface area contributed by atoms with Crippen LogP contribution in [0.15, 0.2) is 12.1 Å². The zero-order valence-corrected chi connectivity index (χ0v) is 10.4. The van der Waals surface area contributed by atoms with Gasteiger partial charge in [-0.25, -0.2) is 13.2 Å². The van der Waals surface area contributed by atoms with Crippen LogP contribution in [0.1, 0.15) is 30.7 Å². The van der Waals surface area contributed by atoms with Crippen LogP contribution in [0.3, 0.4) is 0 Å². The Kier molecular flexibility index (Phi) is 3.56. The second-order valence-electron chi connectivity index (χ2n) is 4.19. The minimum absolute atomic E-state index is 0.0734. The molecule has 1 saturated carbocycles. The molecule has 2 rings (SSSR count). The Balaban J connectivity index is 2.29. The van der Waals surface area contributed by atoms with Crippen molar-refractivity contribution in [3.63, 3.8) is 0 Å². The molecule has 5 heteroatoms. The molecule has 1 aromatic carbocycles. The Morgan fingerprint density at radius 1 is 1.12 bits per heavy atom. The van der Waals surface area contributed by atoms with E-state index in [-0.39, 0.29) is 22.1 Å². The standard InChI is InChI=1S/C12H10BrF3O/c13-8-3-6(1-2-12(8)17)7-4-10(15)11(16)5-9(7)14/h4-6,8H,1-3H2. The van der Waals surface area contributed by atoms with E-state index in [9.17, 15) is 18.0 Å². The molecule has 1 aromatic rings. The van der Waals surface area contributed by atoms with Crippen LogP contribution in [-0.2, 0) is 4.79 Å². The van der Waals surface area contributed by atoms with Crippen LogP contribution in [0.5, 0.6) is 0 Å². The molecule has 2 unspecified atom stereocenters. The second kappa shape index (κ2) is 4.80. The molecule has 0 aliphatic heterocycles. The lowest BCUT2D eigenvalue weighted by Crippen LogP contribution is -2.24. The van der Waals surface area contributed by atoms with Crippen LogP contribution in [0, 0.1) is 17.5 Å². The average Bonchev–Trinajstić information content (AvgIpc) is 2.27. The van der Waals surface area contributed by atoms with Gasteiger partial charge in [0.1, 0.15) is 11.6 Å². The molecule has 0 radical (unpaired) electrons. The van der Waals surface area contributed by atoms with Crippen molar-refractivity contribution < 1.29 is 18.0 Å². The summed E-state index contributed by atoms with van der Waals surface area (Å²) >= 11 is 3.21. The molecule has 2 atom stereocenters. The molecule has 0 saturated heterocycles. The third kappa shape index (κ3) is 2.54. The predicted molar refractivity (Wildman–Crippen MR) is 60.6 cm³/mol. The van der Waals surface area contributed by atoms with Crippen LogP contribution < -0.4 is 0 Å². The van der Waals surface area contributed by atoms with E-state index in [1.54, 1.807) is 0 Å². The summed E-state index contributed by atoms with van der Waals surface area (Å²) in [6.07, 6.45) is 1.22. The highest BCUT2D eigenvalue weighted by atomic mass is 79.9. The number of halogens is 4. The molecule has 17 heavy (non-hydrogen) atoms. The fraction of sp³-hybridized carbons (Fsp3) is 0.417. The van der Waals surface area contributed by atoms with Gasteiger partial charge in [-0.05, 0) is 30.4 Å². The quantitative estimate of drug-likeness (QED) is 0.571. The number of benzene rings is 1. The van der Waals surface area contributed by atoms with E-state index in [0.29, 0.717) is 25.3 Å². The normalized spacial score (nSPS) is 25.1. The van der Waals surface area contributed by atoms with Gasteiger partial charge >= 0.3 is 0 Å². The Hall–Kier alpha value is -0.840. The van der Waals surface area contributed by atoms with Crippen molar-refractivity contribution in [3.8, 4) is 0 Å². The lowest BCUT2D eigenvalue weighted by Gasteiger charge is -2.25. The molecule has 1 aliphatic rings. The number of carbonyl (C=O) groups is 1. The maximum atomic E-state index is 13.5. The molecule has 92 valence electrons. The summed E-state index contributed by atoms with van der Waals surface area (Å²) in [6, 6.07) is 1.45. The monoisotopic (exact) mass is 306 g/mol. The van der Waals surface area contributed by atoms with E-state index in [2.05, 4.69) is 15.9 Å². The highest BCUT2D eigenvalue weighted by Gasteiger charge is 2.29. The lowest BCUT2D eigenvalue weighted by atomic mass is 9.83. The van der Waals surface area contributed by atoms with Gasteiger partial charge in [-0.15, -0.1) is 0 Å². The average molecular weight is 307 g/mol. The molecule has 0 aromatic heterocycles. The second-order valence-corrected chi connectivity index (χ2v) is 5.30. The van der Waals surface area contributed by atoms with Crippen molar-refractivity contribution in [1.82, 2.24) is 0 Å². The minimum atomic E-state index is -1.19. The van der Waals surface area contributed by atoms with Gasteiger partial charge in [-0.3, -0.25) is 4.79 Å². The first kappa shape index (κ1) is 12.6. The molecule has 0 bridgehead atoms. The topological polar surface area (TPSA) is 17.1 Å². The fourth-order valence-corrected chi connectivity index (χ4v) is 2.79. The number of ketones is 1. The van der Waals surface area contributed by atoms with Gasteiger partial charge in [0.15, 0.2) is 11.6 Å². The molecule has 0 N–H and O–H groups in total. The molecule has 0 heterocycles. The van der Waals surface area contributed by atoms with Crippen LogP contribution in [0.2, 0.25) is 0 Å². The van der Waals surface area contributed by atoms with E-state index in [1.165, 1.54) is 0 Å². The summed E-state index contributed by atoms with van der Waals surface area (Å²) in [7, 11) is 0. The van der Waals surface area contributed by atoms with E-state index in [1.807, 2.05) is 0 Å². The molecule has 1 aliphatic carbocycles.